The largest absolute Gasteiger partial charge is 0.419 e. The molecule has 2 aromatic rings. The highest BCUT2D eigenvalue weighted by molar-refractivity contribution is 5.85. The number of aliphatic imine (C=N–C) groups is 1. The summed E-state index contributed by atoms with van der Waals surface area (Å²) in [6.07, 6.45) is -1.33. The summed E-state index contributed by atoms with van der Waals surface area (Å²) < 4.78 is 46.8. The molecule has 5 rings (SSSR count). The summed E-state index contributed by atoms with van der Waals surface area (Å²) in [6, 6.07) is 10.7. The minimum absolute atomic E-state index is 0.0109. The summed E-state index contributed by atoms with van der Waals surface area (Å²) in [6.45, 7) is 8.40. The van der Waals surface area contributed by atoms with Gasteiger partial charge in [-0.1, -0.05) is 45.0 Å². The van der Waals surface area contributed by atoms with Crippen molar-refractivity contribution in [3.05, 3.63) is 70.6 Å². The van der Waals surface area contributed by atoms with Crippen LogP contribution in [0.15, 0.2) is 58.9 Å². The lowest BCUT2D eigenvalue weighted by atomic mass is 9.82. The van der Waals surface area contributed by atoms with Crippen LogP contribution in [0.4, 0.5) is 19.0 Å². The van der Waals surface area contributed by atoms with E-state index >= 15 is 0 Å². The summed E-state index contributed by atoms with van der Waals surface area (Å²) in [7, 11) is 0. The summed E-state index contributed by atoms with van der Waals surface area (Å²) in [4.78, 5) is 10.7. The molecule has 3 aliphatic heterocycles. The Balaban J connectivity index is 1.50. The molecule has 1 unspecified atom stereocenters. The summed E-state index contributed by atoms with van der Waals surface area (Å²) >= 11 is 0. The number of nitrogens with one attached hydrogen (secondary N) is 2. The number of benzene rings is 1. The van der Waals surface area contributed by atoms with E-state index in [9.17, 15) is 13.2 Å². The van der Waals surface area contributed by atoms with Gasteiger partial charge in [0.15, 0.2) is 5.96 Å². The van der Waals surface area contributed by atoms with E-state index in [2.05, 4.69) is 48.5 Å². The zero-order valence-electron chi connectivity index (χ0n) is 22.0. The zero-order chi connectivity index (χ0) is 27.1. The highest BCUT2D eigenvalue weighted by atomic mass is 19.4. The Labute approximate surface area is 221 Å². The van der Waals surface area contributed by atoms with E-state index in [1.165, 1.54) is 17.8 Å². The van der Waals surface area contributed by atoms with Gasteiger partial charge in [0.05, 0.1) is 18.2 Å². The number of guanidine groups is 1. The van der Waals surface area contributed by atoms with Crippen LogP contribution in [-0.2, 0) is 22.0 Å². The Hall–Kier alpha value is -3.11. The fourth-order valence-corrected chi connectivity index (χ4v) is 5.35. The van der Waals surface area contributed by atoms with Gasteiger partial charge in [0, 0.05) is 38.0 Å². The van der Waals surface area contributed by atoms with E-state index in [4.69, 9.17) is 15.5 Å². The highest BCUT2D eigenvalue weighted by Gasteiger charge is 2.42. The number of nitrogens with two attached hydrogens (primary N) is 1. The third-order valence-electron chi connectivity index (χ3n) is 7.50. The lowest BCUT2D eigenvalue weighted by Crippen LogP contribution is -2.62. The molecular weight excluding hydrogens is 493 g/mol. The Morgan fingerprint density at radius 1 is 1.11 bits per heavy atom. The maximum absolute atomic E-state index is 13.8. The van der Waals surface area contributed by atoms with Gasteiger partial charge in [0.25, 0.3) is 0 Å². The SMILES string of the molecule is CC(C)(C)c1ccc(C2(N)NC(=N[C@@H]3CCOC3)NC3=C2CCN(c2ncccc2C(F)(F)F)CC3)cc1. The molecule has 0 saturated carbocycles. The highest BCUT2D eigenvalue weighted by Crippen LogP contribution is 2.39. The molecule has 0 spiro atoms. The second kappa shape index (κ2) is 9.89. The van der Waals surface area contributed by atoms with Crippen LogP contribution in [0, 0.1) is 0 Å². The first-order chi connectivity index (χ1) is 17.9. The molecule has 0 bridgehead atoms. The molecule has 204 valence electrons. The number of aromatic nitrogens is 1. The van der Waals surface area contributed by atoms with Gasteiger partial charge in [0.1, 0.15) is 11.5 Å². The lowest BCUT2D eigenvalue weighted by molar-refractivity contribution is -0.137. The molecule has 1 saturated heterocycles. The minimum atomic E-state index is -4.49. The summed E-state index contributed by atoms with van der Waals surface area (Å²) in [5, 5.41) is 6.85. The van der Waals surface area contributed by atoms with Crippen LogP contribution in [0.3, 0.4) is 0 Å². The van der Waals surface area contributed by atoms with Crippen molar-refractivity contribution in [2.45, 2.75) is 63.3 Å². The molecule has 7 nitrogen and oxygen atoms in total. The van der Waals surface area contributed by atoms with Crippen LogP contribution in [-0.4, -0.2) is 43.3 Å². The van der Waals surface area contributed by atoms with Gasteiger partial charge in [-0.25, -0.2) is 9.98 Å². The predicted molar refractivity (Wildman–Crippen MR) is 142 cm³/mol. The predicted octanol–water partition coefficient (Wildman–Crippen LogP) is 4.40. The van der Waals surface area contributed by atoms with Gasteiger partial charge < -0.3 is 26.0 Å². The molecule has 4 N–H and O–H groups in total. The van der Waals surface area contributed by atoms with Crippen molar-refractivity contribution in [2.75, 3.05) is 31.2 Å². The fraction of sp³-hybridized carbons (Fsp3) is 0.500. The quantitative estimate of drug-likeness (QED) is 0.548. The molecule has 1 aromatic carbocycles. The number of hydrogen-bond donors (Lipinski definition) is 3. The smallest absolute Gasteiger partial charge is 0.379 e. The molecule has 0 aliphatic carbocycles. The van der Waals surface area contributed by atoms with Crippen LogP contribution in [0.2, 0.25) is 0 Å². The average molecular weight is 529 g/mol. The maximum Gasteiger partial charge on any atom is 0.419 e. The van der Waals surface area contributed by atoms with Crippen LogP contribution in [0.25, 0.3) is 0 Å². The first-order valence-electron chi connectivity index (χ1n) is 13.1. The molecule has 0 amide bonds. The van der Waals surface area contributed by atoms with Gasteiger partial charge in [0.2, 0.25) is 0 Å². The number of hydrogen-bond acceptors (Lipinski definition) is 5. The van der Waals surface area contributed by atoms with E-state index in [-0.39, 0.29) is 17.3 Å². The Morgan fingerprint density at radius 2 is 1.84 bits per heavy atom. The third kappa shape index (κ3) is 5.24. The number of anilines is 1. The number of pyridine rings is 1. The first kappa shape index (κ1) is 26.5. The third-order valence-corrected chi connectivity index (χ3v) is 7.50. The van der Waals surface area contributed by atoms with Crippen molar-refractivity contribution in [2.24, 2.45) is 10.7 Å². The van der Waals surface area contributed by atoms with Crippen molar-refractivity contribution < 1.29 is 17.9 Å². The van der Waals surface area contributed by atoms with Gasteiger partial charge >= 0.3 is 6.18 Å². The van der Waals surface area contributed by atoms with Crippen molar-refractivity contribution in [3.63, 3.8) is 0 Å². The van der Waals surface area contributed by atoms with E-state index < -0.39 is 17.4 Å². The van der Waals surface area contributed by atoms with Gasteiger partial charge in [-0.3, -0.25) is 0 Å². The summed E-state index contributed by atoms with van der Waals surface area (Å²) in [5.41, 5.74) is 9.22. The number of halogens is 3. The molecule has 2 atom stereocenters. The van der Waals surface area contributed by atoms with Crippen LogP contribution in [0.1, 0.15) is 56.7 Å². The molecule has 10 heteroatoms. The lowest BCUT2D eigenvalue weighted by Gasteiger charge is -2.41. The number of rotatable bonds is 3. The van der Waals surface area contributed by atoms with Crippen molar-refractivity contribution in [3.8, 4) is 0 Å². The molecular formula is C28H35F3N6O. The molecule has 4 heterocycles. The van der Waals surface area contributed by atoms with Crippen LogP contribution in [0.5, 0.6) is 0 Å². The van der Waals surface area contributed by atoms with Gasteiger partial charge in [-0.2, -0.15) is 13.2 Å². The molecule has 1 aromatic heterocycles. The van der Waals surface area contributed by atoms with Gasteiger partial charge in [-0.15, -0.1) is 0 Å². The Kier molecular flexibility index (Phi) is 6.89. The number of ether oxygens (including phenoxy) is 1. The maximum atomic E-state index is 13.8. The van der Waals surface area contributed by atoms with Crippen LogP contribution < -0.4 is 21.3 Å². The number of alkyl halides is 3. The van der Waals surface area contributed by atoms with Crippen LogP contribution >= 0.6 is 0 Å². The fourth-order valence-electron chi connectivity index (χ4n) is 5.35. The van der Waals surface area contributed by atoms with E-state index in [1.54, 1.807) is 4.90 Å². The minimum Gasteiger partial charge on any atom is -0.379 e. The molecule has 0 radical (unpaired) electrons. The van der Waals surface area contributed by atoms with Crippen molar-refractivity contribution >= 4 is 11.8 Å². The second-order valence-electron chi connectivity index (χ2n) is 11.2. The van der Waals surface area contributed by atoms with Crippen molar-refractivity contribution in [1.29, 1.82) is 0 Å². The average Bonchev–Trinajstić information content (AvgIpc) is 3.27. The summed E-state index contributed by atoms with van der Waals surface area (Å²) in [5.74, 6) is 0.505. The zero-order valence-corrected chi connectivity index (χ0v) is 22.0. The normalized spacial score (nSPS) is 25.6. The van der Waals surface area contributed by atoms with Gasteiger partial charge in [-0.05, 0) is 47.1 Å². The van der Waals surface area contributed by atoms with E-state index in [1.807, 2.05) is 12.1 Å². The Bertz CT molecular complexity index is 1230. The second-order valence-corrected chi connectivity index (χ2v) is 11.2. The standard InChI is InChI=1S/C28H35F3N6O/c1-26(2,3)18-6-8-19(9-7-18)27(32)21-10-14-37(24-22(28(29,30)31)5-4-13-33-24)15-11-23(21)35-25(36-27)34-20-12-16-38-17-20/h4-9,13,20H,10-12,14-17,32H2,1-3H3,(H2,34,35,36)/t20-,27?/m1/s1. The molecule has 38 heavy (non-hydrogen) atoms. The Morgan fingerprint density at radius 3 is 2.50 bits per heavy atom. The van der Waals surface area contributed by atoms with E-state index in [0.717, 1.165) is 29.3 Å². The van der Waals surface area contributed by atoms with Crippen molar-refractivity contribution in [1.82, 2.24) is 15.6 Å². The topological polar surface area (TPSA) is 87.8 Å². The van der Waals surface area contributed by atoms with E-state index in [0.29, 0.717) is 45.1 Å². The first-order valence-corrected chi connectivity index (χ1v) is 13.1. The molecule has 1 fully saturated rings. The monoisotopic (exact) mass is 528 g/mol. The number of nitrogens with zero attached hydrogens (tertiary/aromatic N) is 3. The molecule has 3 aliphatic rings.